The molecule has 12 nitrogen and oxygen atoms in total. The maximum atomic E-state index is 13.8. The number of methoxy groups -OCH3 is 2. The fourth-order valence-electron chi connectivity index (χ4n) is 6.17. The van der Waals surface area contributed by atoms with Gasteiger partial charge in [0.05, 0.1) is 62.2 Å². The molecular formula is C40H34N2O10. The van der Waals surface area contributed by atoms with Gasteiger partial charge in [0.1, 0.15) is 13.2 Å². The van der Waals surface area contributed by atoms with Gasteiger partial charge < -0.3 is 28.4 Å². The lowest BCUT2D eigenvalue weighted by Gasteiger charge is -2.49. The fraction of sp³-hybridized carbons (Fsp3) is 0.250. The highest BCUT2D eigenvalue weighted by Gasteiger charge is 2.60. The molecule has 264 valence electrons. The fourth-order valence-corrected chi connectivity index (χ4v) is 6.17. The van der Waals surface area contributed by atoms with Crippen molar-refractivity contribution in [1.29, 1.82) is 10.5 Å². The standard InChI is InChI=1S/C40H34N2O10/c1-47-31-23-27(15-17-29(31)51-37(43)25-11-5-3-6-12-25)33-35(39(45)49-21-9-19-41)34(36(33)40(46)50-22-10-20-42)28-16-18-30(32(24-28)48-2)52-38(44)26-13-7-4-8-14-26/h3-8,11-18,23-24,33-36H,9-10,21-22H2,1-2H3. The topological polar surface area (TPSA) is 171 Å². The lowest BCUT2D eigenvalue weighted by Crippen LogP contribution is -2.52. The zero-order valence-electron chi connectivity index (χ0n) is 28.4. The van der Waals surface area contributed by atoms with E-state index in [1.165, 1.54) is 26.4 Å². The molecule has 0 unspecified atom stereocenters. The van der Waals surface area contributed by atoms with Crippen molar-refractivity contribution in [1.82, 2.24) is 0 Å². The average Bonchev–Trinajstić information content (AvgIpc) is 3.16. The number of nitrogens with zero attached hydrogens (tertiary/aromatic N) is 2. The van der Waals surface area contributed by atoms with Gasteiger partial charge in [0.2, 0.25) is 0 Å². The van der Waals surface area contributed by atoms with Crippen molar-refractivity contribution in [3.8, 4) is 35.1 Å². The van der Waals surface area contributed by atoms with Crippen LogP contribution >= 0.6 is 0 Å². The summed E-state index contributed by atoms with van der Waals surface area (Å²) in [5.41, 5.74) is 1.62. The molecular weight excluding hydrogens is 668 g/mol. The quantitative estimate of drug-likeness (QED) is 0.0833. The van der Waals surface area contributed by atoms with Gasteiger partial charge >= 0.3 is 23.9 Å². The van der Waals surface area contributed by atoms with E-state index in [1.54, 1.807) is 84.9 Å². The van der Waals surface area contributed by atoms with Crippen LogP contribution in [-0.2, 0) is 19.1 Å². The number of carbonyl (C=O) groups excluding carboxylic acids is 4. The summed E-state index contributed by atoms with van der Waals surface area (Å²) in [7, 11) is 2.78. The molecule has 4 aromatic rings. The number of rotatable bonds is 14. The van der Waals surface area contributed by atoms with Crippen LogP contribution in [0, 0.1) is 34.5 Å². The summed E-state index contributed by atoms with van der Waals surface area (Å²) >= 11 is 0. The molecule has 0 heterocycles. The number of hydrogen-bond donors (Lipinski definition) is 0. The first kappa shape index (κ1) is 36.6. The van der Waals surface area contributed by atoms with Gasteiger partial charge in [-0.15, -0.1) is 0 Å². The van der Waals surface area contributed by atoms with Crippen molar-refractivity contribution >= 4 is 23.9 Å². The highest BCUT2D eigenvalue weighted by atomic mass is 16.6. The van der Waals surface area contributed by atoms with Crippen LogP contribution in [0.1, 0.15) is 56.5 Å². The molecule has 1 aliphatic carbocycles. The summed E-state index contributed by atoms with van der Waals surface area (Å²) in [6.45, 7) is -0.337. The Morgan fingerprint density at radius 2 is 0.942 bits per heavy atom. The van der Waals surface area contributed by atoms with E-state index in [0.29, 0.717) is 22.3 Å². The Balaban J connectivity index is 1.53. The first-order chi connectivity index (χ1) is 25.3. The van der Waals surface area contributed by atoms with E-state index < -0.39 is 47.5 Å². The van der Waals surface area contributed by atoms with Crippen molar-refractivity contribution < 1.29 is 47.6 Å². The number of hydrogen-bond acceptors (Lipinski definition) is 12. The maximum Gasteiger partial charge on any atom is 0.343 e. The molecule has 52 heavy (non-hydrogen) atoms. The summed E-state index contributed by atoms with van der Waals surface area (Å²) in [4.78, 5) is 53.3. The molecule has 0 radical (unpaired) electrons. The molecule has 0 aromatic heterocycles. The van der Waals surface area contributed by atoms with Crippen molar-refractivity contribution in [3.05, 3.63) is 119 Å². The zero-order chi connectivity index (χ0) is 37.0. The largest absolute Gasteiger partial charge is 0.493 e. The van der Waals surface area contributed by atoms with Gasteiger partial charge in [-0.3, -0.25) is 9.59 Å². The van der Waals surface area contributed by atoms with Crippen LogP contribution in [-0.4, -0.2) is 51.3 Å². The van der Waals surface area contributed by atoms with E-state index in [1.807, 2.05) is 12.1 Å². The molecule has 0 aliphatic heterocycles. The van der Waals surface area contributed by atoms with Gasteiger partial charge in [-0.1, -0.05) is 48.5 Å². The summed E-state index contributed by atoms with van der Waals surface area (Å²) in [5, 5.41) is 18.2. The van der Waals surface area contributed by atoms with E-state index in [9.17, 15) is 19.2 Å². The van der Waals surface area contributed by atoms with Gasteiger partial charge in [-0.2, -0.15) is 10.5 Å². The molecule has 0 saturated heterocycles. The third-order valence-electron chi connectivity index (χ3n) is 8.58. The molecule has 1 fully saturated rings. The van der Waals surface area contributed by atoms with Crippen LogP contribution in [0.5, 0.6) is 23.0 Å². The van der Waals surface area contributed by atoms with Crippen molar-refractivity contribution in [2.24, 2.45) is 11.8 Å². The predicted octanol–water partition coefficient (Wildman–Crippen LogP) is 6.17. The van der Waals surface area contributed by atoms with Crippen LogP contribution < -0.4 is 18.9 Å². The lowest BCUT2D eigenvalue weighted by molar-refractivity contribution is -0.167. The highest BCUT2D eigenvalue weighted by molar-refractivity contribution is 5.92. The number of nitriles is 2. The van der Waals surface area contributed by atoms with Crippen LogP contribution in [0.15, 0.2) is 97.1 Å². The van der Waals surface area contributed by atoms with Crippen molar-refractivity contribution in [3.63, 3.8) is 0 Å². The van der Waals surface area contributed by atoms with Crippen LogP contribution in [0.2, 0.25) is 0 Å². The minimum atomic E-state index is -0.975. The Hall–Kier alpha value is -6.66. The van der Waals surface area contributed by atoms with E-state index in [4.69, 9.17) is 38.9 Å². The second-order valence-corrected chi connectivity index (χ2v) is 11.6. The molecule has 5 rings (SSSR count). The normalized spacial score (nSPS) is 17.2. The third kappa shape index (κ3) is 8.20. The predicted molar refractivity (Wildman–Crippen MR) is 184 cm³/mol. The monoisotopic (exact) mass is 702 g/mol. The summed E-state index contributed by atoms with van der Waals surface area (Å²) < 4.78 is 33.4. The van der Waals surface area contributed by atoms with Gasteiger partial charge in [0, 0.05) is 11.8 Å². The second-order valence-electron chi connectivity index (χ2n) is 11.6. The molecule has 4 aromatic carbocycles. The highest BCUT2D eigenvalue weighted by Crippen LogP contribution is 2.59. The minimum absolute atomic E-state index is 0.0436. The zero-order valence-corrected chi connectivity index (χ0v) is 28.4. The van der Waals surface area contributed by atoms with E-state index in [0.717, 1.165) is 0 Å². The number of carbonyl (C=O) groups is 4. The minimum Gasteiger partial charge on any atom is -0.493 e. The Labute approximate surface area is 300 Å². The second kappa shape index (κ2) is 17.3. The maximum absolute atomic E-state index is 13.8. The summed E-state index contributed by atoms with van der Waals surface area (Å²) in [6.07, 6.45) is -0.0872. The summed E-state index contributed by atoms with van der Waals surface area (Å²) in [5.74, 6) is -5.59. The third-order valence-corrected chi connectivity index (χ3v) is 8.58. The van der Waals surface area contributed by atoms with Crippen molar-refractivity contribution in [2.75, 3.05) is 27.4 Å². The molecule has 0 amide bonds. The van der Waals surface area contributed by atoms with E-state index in [-0.39, 0.29) is 49.1 Å². The number of ether oxygens (including phenoxy) is 6. The SMILES string of the molecule is COc1cc(C2C(C(=O)OCCC#N)C(c3ccc(OC(=O)c4ccccc4)c(OC)c3)C2C(=O)OCCC#N)ccc1OC(=O)c1ccccc1. The summed E-state index contributed by atoms with van der Waals surface area (Å²) in [6, 6.07) is 30.1. The van der Waals surface area contributed by atoms with Crippen LogP contribution in [0.25, 0.3) is 0 Å². The van der Waals surface area contributed by atoms with Crippen molar-refractivity contribution in [2.45, 2.75) is 24.7 Å². The van der Waals surface area contributed by atoms with Gasteiger partial charge in [0.25, 0.3) is 0 Å². The first-order valence-electron chi connectivity index (χ1n) is 16.3. The lowest BCUT2D eigenvalue weighted by atomic mass is 9.52. The molecule has 0 bridgehead atoms. The molecule has 0 N–H and O–H groups in total. The Morgan fingerprint density at radius 1 is 0.558 bits per heavy atom. The Bertz CT molecular complexity index is 1850. The molecule has 0 atom stereocenters. The molecule has 1 aliphatic rings. The average molecular weight is 703 g/mol. The number of esters is 4. The van der Waals surface area contributed by atoms with E-state index in [2.05, 4.69) is 0 Å². The molecule has 12 heteroatoms. The van der Waals surface area contributed by atoms with Crippen LogP contribution in [0.3, 0.4) is 0 Å². The molecule has 0 spiro atoms. The smallest absolute Gasteiger partial charge is 0.343 e. The Kier molecular flexibility index (Phi) is 12.2. The molecule has 1 saturated carbocycles. The van der Waals surface area contributed by atoms with E-state index >= 15 is 0 Å². The van der Waals surface area contributed by atoms with Crippen LogP contribution in [0.4, 0.5) is 0 Å². The van der Waals surface area contributed by atoms with Gasteiger partial charge in [-0.05, 0) is 59.7 Å². The Morgan fingerprint density at radius 3 is 1.29 bits per heavy atom. The van der Waals surface area contributed by atoms with Gasteiger partial charge in [-0.25, -0.2) is 9.59 Å². The number of benzene rings is 4. The first-order valence-corrected chi connectivity index (χ1v) is 16.3. The van der Waals surface area contributed by atoms with Gasteiger partial charge in [0.15, 0.2) is 23.0 Å².